The van der Waals surface area contributed by atoms with E-state index in [1.807, 2.05) is 24.3 Å². The molecule has 1 amide bonds. The Morgan fingerprint density at radius 3 is 2.64 bits per heavy atom. The van der Waals surface area contributed by atoms with E-state index >= 15 is 0 Å². The van der Waals surface area contributed by atoms with Gasteiger partial charge in [0, 0.05) is 29.3 Å². The first-order valence-corrected chi connectivity index (χ1v) is 9.67. The van der Waals surface area contributed by atoms with Crippen LogP contribution in [-0.4, -0.2) is 27.4 Å². The minimum atomic E-state index is -3.12. The third kappa shape index (κ3) is 5.01. The number of rotatable bonds is 7. The number of halogens is 2. The van der Waals surface area contributed by atoms with Crippen molar-refractivity contribution in [3.63, 3.8) is 0 Å². The van der Waals surface area contributed by atoms with Crippen LogP contribution in [0.5, 0.6) is 5.75 Å². The highest BCUT2D eigenvalue weighted by atomic mass is 19.3. The first-order valence-electron chi connectivity index (χ1n) is 9.67. The van der Waals surface area contributed by atoms with E-state index in [2.05, 4.69) is 20.0 Å². The third-order valence-corrected chi connectivity index (χ3v) is 4.66. The van der Waals surface area contributed by atoms with Crippen molar-refractivity contribution in [3.8, 4) is 17.1 Å². The van der Waals surface area contributed by atoms with Crippen LogP contribution in [0, 0.1) is 10.1 Å². The summed E-state index contributed by atoms with van der Waals surface area (Å²) < 4.78 is 29.7. The van der Waals surface area contributed by atoms with Gasteiger partial charge >= 0.3 is 6.61 Å². The highest BCUT2D eigenvalue weighted by molar-refractivity contribution is 6.04. The molecule has 0 radical (unpaired) electrons. The van der Waals surface area contributed by atoms with Crippen LogP contribution in [-0.2, 0) is 4.79 Å². The fourth-order valence-corrected chi connectivity index (χ4v) is 3.20. The monoisotopic (exact) mass is 450 g/mol. The van der Waals surface area contributed by atoms with Gasteiger partial charge in [0.2, 0.25) is 5.91 Å². The first kappa shape index (κ1) is 21.6. The molecule has 0 bridgehead atoms. The van der Waals surface area contributed by atoms with Gasteiger partial charge in [-0.15, -0.1) is 0 Å². The van der Waals surface area contributed by atoms with Crippen LogP contribution in [0.2, 0.25) is 0 Å². The van der Waals surface area contributed by atoms with Crippen LogP contribution in [0.25, 0.3) is 28.5 Å². The maximum atomic E-state index is 12.7. The van der Waals surface area contributed by atoms with Crippen LogP contribution in [0.4, 0.5) is 20.2 Å². The highest BCUT2D eigenvalue weighted by Gasteiger charge is 2.14. The van der Waals surface area contributed by atoms with Crippen molar-refractivity contribution in [3.05, 3.63) is 88.5 Å². The molecule has 0 spiro atoms. The second-order valence-corrected chi connectivity index (χ2v) is 6.83. The number of anilines is 1. The van der Waals surface area contributed by atoms with Crippen molar-refractivity contribution in [1.29, 1.82) is 0 Å². The Hall–Kier alpha value is -4.60. The number of carbonyl (C=O) groups excluding carboxylic acids is 1. The molecule has 0 unspecified atom stereocenters. The Bertz CT molecular complexity index is 1330. The number of hydrogen-bond donors (Lipinski definition) is 2. The van der Waals surface area contributed by atoms with Gasteiger partial charge in [0.15, 0.2) is 0 Å². The molecule has 0 aliphatic heterocycles. The molecule has 2 N–H and O–H groups in total. The number of carbonyl (C=O) groups is 1. The van der Waals surface area contributed by atoms with Gasteiger partial charge in [0.1, 0.15) is 11.6 Å². The van der Waals surface area contributed by atoms with Crippen molar-refractivity contribution in [2.75, 3.05) is 5.32 Å². The highest BCUT2D eigenvalue weighted by Crippen LogP contribution is 2.29. The van der Waals surface area contributed by atoms with Gasteiger partial charge in [-0.1, -0.05) is 24.3 Å². The summed E-state index contributed by atoms with van der Waals surface area (Å²) in [5.41, 5.74) is 2.36. The molecule has 3 aromatic carbocycles. The number of amides is 1. The lowest BCUT2D eigenvalue weighted by Crippen LogP contribution is -2.09. The number of nitro benzene ring substituents is 1. The van der Waals surface area contributed by atoms with E-state index < -0.39 is 17.4 Å². The van der Waals surface area contributed by atoms with E-state index in [0.29, 0.717) is 17.1 Å². The summed E-state index contributed by atoms with van der Waals surface area (Å²) in [6, 6.07) is 17.6. The zero-order valence-electron chi connectivity index (χ0n) is 16.9. The number of H-pyrrole nitrogens is 1. The summed E-state index contributed by atoms with van der Waals surface area (Å²) in [5, 5.41) is 13.7. The van der Waals surface area contributed by atoms with Gasteiger partial charge in [-0.25, -0.2) is 4.98 Å². The number of para-hydroxylation sites is 3. The van der Waals surface area contributed by atoms with E-state index in [1.165, 1.54) is 6.08 Å². The number of fused-ring (bicyclic) bond motifs is 1. The predicted octanol–water partition coefficient (Wildman–Crippen LogP) is 5.39. The third-order valence-electron chi connectivity index (χ3n) is 4.66. The lowest BCUT2D eigenvalue weighted by Gasteiger charge is -2.09. The van der Waals surface area contributed by atoms with Crippen LogP contribution in [0.1, 0.15) is 5.56 Å². The quantitative estimate of drug-likeness (QED) is 0.223. The fourth-order valence-electron chi connectivity index (χ4n) is 3.20. The number of imidazole rings is 1. The van der Waals surface area contributed by atoms with Gasteiger partial charge in [0.05, 0.1) is 21.6 Å². The van der Waals surface area contributed by atoms with Crippen molar-refractivity contribution in [2.24, 2.45) is 0 Å². The number of nitrogens with zero attached hydrogens (tertiary/aromatic N) is 2. The summed E-state index contributed by atoms with van der Waals surface area (Å²) in [6.45, 7) is -3.12. The Labute approximate surface area is 185 Å². The number of nitrogens with one attached hydrogen (secondary N) is 2. The SMILES string of the molecule is O=C(/C=C/c1cc([N+](=O)[O-])ccc1OC(F)F)Nc1ccccc1-c1nc2ccccc2[nH]1. The lowest BCUT2D eigenvalue weighted by molar-refractivity contribution is -0.384. The molecule has 1 aromatic heterocycles. The van der Waals surface area contributed by atoms with E-state index in [0.717, 1.165) is 35.3 Å². The molecule has 1 heterocycles. The second kappa shape index (κ2) is 9.27. The van der Waals surface area contributed by atoms with Crippen molar-refractivity contribution < 1.29 is 23.2 Å². The number of hydrogen-bond acceptors (Lipinski definition) is 5. The Morgan fingerprint density at radius 1 is 1.12 bits per heavy atom. The first-order chi connectivity index (χ1) is 15.9. The summed E-state index contributed by atoms with van der Waals surface area (Å²) >= 11 is 0. The second-order valence-electron chi connectivity index (χ2n) is 6.83. The van der Waals surface area contributed by atoms with Crippen molar-refractivity contribution >= 4 is 34.4 Å². The molecule has 0 saturated carbocycles. The molecule has 0 saturated heterocycles. The minimum absolute atomic E-state index is 0.0368. The molecule has 166 valence electrons. The molecule has 0 aliphatic rings. The topological polar surface area (TPSA) is 110 Å². The number of aromatic amines is 1. The Kier molecular flexibility index (Phi) is 6.07. The summed E-state index contributed by atoms with van der Waals surface area (Å²) in [7, 11) is 0. The minimum Gasteiger partial charge on any atom is -0.434 e. The van der Waals surface area contributed by atoms with Crippen LogP contribution >= 0.6 is 0 Å². The van der Waals surface area contributed by atoms with Gasteiger partial charge in [0.25, 0.3) is 5.69 Å². The number of aromatic nitrogens is 2. The smallest absolute Gasteiger partial charge is 0.387 e. The normalized spacial score (nSPS) is 11.2. The van der Waals surface area contributed by atoms with Crippen LogP contribution < -0.4 is 10.1 Å². The summed E-state index contributed by atoms with van der Waals surface area (Å²) in [4.78, 5) is 30.6. The molecule has 0 aliphatic carbocycles. The largest absolute Gasteiger partial charge is 0.434 e. The summed E-state index contributed by atoms with van der Waals surface area (Å²) in [5.74, 6) is -0.308. The van der Waals surface area contributed by atoms with E-state index in [1.54, 1.807) is 24.3 Å². The van der Waals surface area contributed by atoms with Gasteiger partial charge < -0.3 is 15.0 Å². The maximum Gasteiger partial charge on any atom is 0.387 e. The Balaban J connectivity index is 1.59. The molecule has 0 atom stereocenters. The fraction of sp³-hybridized carbons (Fsp3) is 0.0435. The molecular weight excluding hydrogens is 434 g/mol. The standard InChI is InChI=1S/C23H16F2N4O4/c24-23(25)33-20-11-10-15(29(31)32)13-14(20)9-12-21(30)26-17-6-2-1-5-16(17)22-27-18-7-3-4-8-19(18)28-22/h1-13,23H,(H,26,30)(H,27,28)/b12-9+. The average molecular weight is 450 g/mol. The number of non-ortho nitro benzene ring substituents is 1. The van der Waals surface area contributed by atoms with Gasteiger partial charge in [-0.3, -0.25) is 14.9 Å². The van der Waals surface area contributed by atoms with Crippen LogP contribution in [0.15, 0.2) is 72.8 Å². The molecular formula is C23H16F2N4O4. The summed E-state index contributed by atoms with van der Waals surface area (Å²) in [6.07, 6.45) is 2.25. The van der Waals surface area contributed by atoms with E-state index in [9.17, 15) is 23.7 Å². The molecule has 4 rings (SSSR count). The number of benzene rings is 3. The van der Waals surface area contributed by atoms with Crippen molar-refractivity contribution in [2.45, 2.75) is 6.61 Å². The van der Waals surface area contributed by atoms with E-state index in [4.69, 9.17) is 0 Å². The van der Waals surface area contributed by atoms with Crippen LogP contribution in [0.3, 0.4) is 0 Å². The van der Waals surface area contributed by atoms with Gasteiger partial charge in [-0.2, -0.15) is 8.78 Å². The lowest BCUT2D eigenvalue weighted by atomic mass is 10.1. The molecule has 0 fully saturated rings. The molecule has 4 aromatic rings. The number of nitro groups is 1. The van der Waals surface area contributed by atoms with Gasteiger partial charge in [-0.05, 0) is 36.4 Å². The molecule has 33 heavy (non-hydrogen) atoms. The zero-order chi connectivity index (χ0) is 23.4. The zero-order valence-corrected chi connectivity index (χ0v) is 16.9. The molecule has 8 nitrogen and oxygen atoms in total. The Morgan fingerprint density at radius 2 is 1.88 bits per heavy atom. The number of ether oxygens (including phenoxy) is 1. The molecule has 10 heteroatoms. The van der Waals surface area contributed by atoms with E-state index in [-0.39, 0.29) is 17.0 Å². The average Bonchev–Trinajstić information content (AvgIpc) is 3.22. The maximum absolute atomic E-state index is 12.7. The van der Waals surface area contributed by atoms with Crippen molar-refractivity contribution in [1.82, 2.24) is 9.97 Å². The predicted molar refractivity (Wildman–Crippen MR) is 119 cm³/mol. The number of alkyl halides is 2.